The fraction of sp³-hybridized carbons (Fsp3) is 0.538. The molecule has 17 heavy (non-hydrogen) atoms. The molecule has 0 aliphatic carbocycles. The zero-order chi connectivity index (χ0) is 12.3. The molecule has 4 heteroatoms. The molecule has 1 aliphatic heterocycles. The van der Waals surface area contributed by atoms with Crippen LogP contribution in [0.4, 0.5) is 0 Å². The molecule has 94 valence electrons. The average molecular weight is 237 g/mol. The van der Waals surface area contributed by atoms with Crippen LogP contribution in [-0.4, -0.2) is 27.4 Å². The van der Waals surface area contributed by atoms with E-state index in [9.17, 15) is 0 Å². The number of fused-ring (bicyclic) bond motifs is 1. The van der Waals surface area contributed by atoms with Crippen LogP contribution in [0, 0.1) is 0 Å². The molecule has 0 amide bonds. The Balaban J connectivity index is 2.30. The summed E-state index contributed by atoms with van der Waals surface area (Å²) < 4.78 is 16.3. The first-order valence-electron chi connectivity index (χ1n) is 5.92. The van der Waals surface area contributed by atoms with E-state index in [0.717, 1.165) is 35.8 Å². The summed E-state index contributed by atoms with van der Waals surface area (Å²) in [5.74, 6) is 2.44. The minimum absolute atomic E-state index is 0.214. The highest BCUT2D eigenvalue weighted by Crippen LogP contribution is 2.42. The summed E-state index contributed by atoms with van der Waals surface area (Å²) in [5.41, 5.74) is 1.10. The van der Waals surface area contributed by atoms with Crippen molar-refractivity contribution in [3.05, 3.63) is 17.7 Å². The van der Waals surface area contributed by atoms with Gasteiger partial charge in [0.05, 0.1) is 25.8 Å². The van der Waals surface area contributed by atoms with Gasteiger partial charge in [-0.15, -0.1) is 0 Å². The first-order valence-corrected chi connectivity index (χ1v) is 5.92. The van der Waals surface area contributed by atoms with Crippen molar-refractivity contribution in [2.24, 2.45) is 0 Å². The maximum Gasteiger partial charge on any atom is 0.131 e. The highest BCUT2D eigenvalue weighted by Gasteiger charge is 2.28. The van der Waals surface area contributed by atoms with Crippen LogP contribution in [0.1, 0.15) is 24.9 Å². The van der Waals surface area contributed by atoms with Gasteiger partial charge in [-0.1, -0.05) is 6.92 Å². The van der Waals surface area contributed by atoms with Crippen molar-refractivity contribution in [1.29, 1.82) is 0 Å². The van der Waals surface area contributed by atoms with Gasteiger partial charge in [0.2, 0.25) is 0 Å². The Kier molecular flexibility index (Phi) is 3.74. The Bertz CT molecular complexity index is 392. The van der Waals surface area contributed by atoms with Crippen LogP contribution >= 0.6 is 0 Å². The summed E-state index contributed by atoms with van der Waals surface area (Å²) in [6, 6.07) is 4.02. The minimum atomic E-state index is 0.214. The average Bonchev–Trinajstić information content (AvgIpc) is 2.78. The van der Waals surface area contributed by atoms with Crippen LogP contribution in [-0.2, 0) is 0 Å². The number of ether oxygens (including phenoxy) is 3. The molecule has 4 nitrogen and oxygen atoms in total. The lowest BCUT2D eigenvalue weighted by molar-refractivity contribution is 0.310. The van der Waals surface area contributed by atoms with E-state index in [2.05, 4.69) is 12.2 Å². The maximum atomic E-state index is 5.67. The molecule has 2 rings (SSSR count). The van der Waals surface area contributed by atoms with Crippen LogP contribution in [0.3, 0.4) is 0 Å². The van der Waals surface area contributed by atoms with Crippen LogP contribution < -0.4 is 19.5 Å². The molecule has 0 aromatic heterocycles. The molecule has 0 spiro atoms. The van der Waals surface area contributed by atoms with Gasteiger partial charge in [0.15, 0.2) is 0 Å². The Morgan fingerprint density at radius 2 is 2.18 bits per heavy atom. The van der Waals surface area contributed by atoms with Gasteiger partial charge in [0.1, 0.15) is 23.9 Å². The van der Waals surface area contributed by atoms with Gasteiger partial charge in [-0.2, -0.15) is 0 Å². The molecule has 1 aromatic rings. The summed E-state index contributed by atoms with van der Waals surface area (Å²) in [4.78, 5) is 0. The zero-order valence-corrected chi connectivity index (χ0v) is 10.6. The highest BCUT2D eigenvalue weighted by molar-refractivity contribution is 5.54. The third-order valence-electron chi connectivity index (χ3n) is 2.93. The zero-order valence-electron chi connectivity index (χ0n) is 10.6. The molecule has 0 radical (unpaired) electrons. The molecule has 1 heterocycles. The van der Waals surface area contributed by atoms with Gasteiger partial charge < -0.3 is 19.5 Å². The van der Waals surface area contributed by atoms with Gasteiger partial charge in [0, 0.05) is 12.1 Å². The molecule has 0 saturated heterocycles. The molecule has 1 unspecified atom stereocenters. The molecule has 1 aliphatic rings. The largest absolute Gasteiger partial charge is 0.496 e. The van der Waals surface area contributed by atoms with Crippen molar-refractivity contribution in [3.63, 3.8) is 0 Å². The number of benzene rings is 1. The van der Waals surface area contributed by atoms with Gasteiger partial charge in [0.25, 0.3) is 0 Å². The van der Waals surface area contributed by atoms with Crippen molar-refractivity contribution in [2.45, 2.75) is 19.4 Å². The summed E-state index contributed by atoms with van der Waals surface area (Å²) in [6.07, 6.45) is 1.10. The van der Waals surface area contributed by atoms with E-state index >= 15 is 0 Å². The normalized spacial score (nSPS) is 17.5. The smallest absolute Gasteiger partial charge is 0.131 e. The lowest BCUT2D eigenvalue weighted by atomic mass is 10.1. The van der Waals surface area contributed by atoms with Crippen molar-refractivity contribution in [3.8, 4) is 17.2 Å². The molecule has 1 aromatic carbocycles. The second kappa shape index (κ2) is 5.27. The van der Waals surface area contributed by atoms with Crippen LogP contribution in [0.2, 0.25) is 0 Å². The van der Waals surface area contributed by atoms with E-state index in [1.54, 1.807) is 14.2 Å². The predicted octanol–water partition coefficient (Wildman–Crippen LogP) is 2.14. The van der Waals surface area contributed by atoms with Crippen LogP contribution in [0.25, 0.3) is 0 Å². The molecule has 1 N–H and O–H groups in total. The predicted molar refractivity (Wildman–Crippen MR) is 66.1 cm³/mol. The van der Waals surface area contributed by atoms with E-state index in [-0.39, 0.29) is 6.04 Å². The third-order valence-corrected chi connectivity index (χ3v) is 2.93. The van der Waals surface area contributed by atoms with Gasteiger partial charge >= 0.3 is 0 Å². The van der Waals surface area contributed by atoms with Crippen molar-refractivity contribution < 1.29 is 14.2 Å². The maximum absolute atomic E-state index is 5.67. The second-order valence-corrected chi connectivity index (χ2v) is 4.06. The standard InChI is InChI=1S/C13H19NO3/c1-4-5-14-10-8-17-12-7-9(15-2)6-11(16-3)13(10)12/h6-7,10,14H,4-5,8H2,1-3H3. The first-order chi connectivity index (χ1) is 8.30. The first kappa shape index (κ1) is 12.0. The molecule has 1 atom stereocenters. The number of rotatable bonds is 5. The van der Waals surface area contributed by atoms with E-state index < -0.39 is 0 Å². The summed E-state index contributed by atoms with van der Waals surface area (Å²) in [5, 5.41) is 3.45. The second-order valence-electron chi connectivity index (χ2n) is 4.06. The minimum Gasteiger partial charge on any atom is -0.496 e. The van der Waals surface area contributed by atoms with E-state index in [1.165, 1.54) is 0 Å². The highest BCUT2D eigenvalue weighted by atomic mass is 16.5. The van der Waals surface area contributed by atoms with Crippen molar-refractivity contribution in [1.82, 2.24) is 5.32 Å². The van der Waals surface area contributed by atoms with Crippen LogP contribution in [0.15, 0.2) is 12.1 Å². The van der Waals surface area contributed by atoms with E-state index in [0.29, 0.717) is 6.61 Å². The number of methoxy groups -OCH3 is 2. The lowest BCUT2D eigenvalue weighted by Crippen LogP contribution is -2.23. The number of nitrogens with one attached hydrogen (secondary N) is 1. The Morgan fingerprint density at radius 1 is 1.35 bits per heavy atom. The van der Waals surface area contributed by atoms with Gasteiger partial charge in [-0.25, -0.2) is 0 Å². The van der Waals surface area contributed by atoms with Gasteiger partial charge in [-0.3, -0.25) is 0 Å². The van der Waals surface area contributed by atoms with Gasteiger partial charge in [-0.05, 0) is 13.0 Å². The molecule has 0 fully saturated rings. The fourth-order valence-electron chi connectivity index (χ4n) is 2.06. The van der Waals surface area contributed by atoms with Crippen LogP contribution in [0.5, 0.6) is 17.2 Å². The Labute approximate surface area is 102 Å². The Morgan fingerprint density at radius 3 is 2.82 bits per heavy atom. The topological polar surface area (TPSA) is 39.7 Å². The molecule has 0 saturated carbocycles. The molecule has 0 bridgehead atoms. The van der Waals surface area contributed by atoms with Crippen molar-refractivity contribution in [2.75, 3.05) is 27.4 Å². The monoisotopic (exact) mass is 237 g/mol. The number of hydrogen-bond acceptors (Lipinski definition) is 4. The number of hydrogen-bond donors (Lipinski definition) is 1. The SMILES string of the molecule is CCCNC1COc2cc(OC)cc(OC)c21. The quantitative estimate of drug-likeness (QED) is 0.851. The van der Waals surface area contributed by atoms with E-state index in [4.69, 9.17) is 14.2 Å². The Hall–Kier alpha value is -1.42. The summed E-state index contributed by atoms with van der Waals surface area (Å²) in [6.45, 7) is 3.77. The lowest BCUT2D eigenvalue weighted by Gasteiger charge is -2.14. The van der Waals surface area contributed by atoms with Crippen molar-refractivity contribution >= 4 is 0 Å². The summed E-state index contributed by atoms with van der Waals surface area (Å²) in [7, 11) is 3.31. The summed E-state index contributed by atoms with van der Waals surface area (Å²) >= 11 is 0. The van der Waals surface area contributed by atoms with E-state index in [1.807, 2.05) is 12.1 Å². The molecular weight excluding hydrogens is 218 g/mol. The fourth-order valence-corrected chi connectivity index (χ4v) is 2.06. The molecular formula is C13H19NO3. The third kappa shape index (κ3) is 2.31.